The lowest BCUT2D eigenvalue weighted by molar-refractivity contribution is -0.135. The fraction of sp³-hybridized carbons (Fsp3) is 0.389. The maximum absolute atomic E-state index is 13.0. The number of likely N-dealkylation sites (tertiary alicyclic amines) is 1. The van der Waals surface area contributed by atoms with Gasteiger partial charge in [0, 0.05) is 25.5 Å². The highest BCUT2D eigenvalue weighted by molar-refractivity contribution is 5.83. The maximum Gasteiger partial charge on any atom is 0.245 e. The van der Waals surface area contributed by atoms with E-state index >= 15 is 0 Å². The van der Waals surface area contributed by atoms with Gasteiger partial charge in [0.2, 0.25) is 5.91 Å². The average molecular weight is 323 g/mol. The molecule has 124 valence electrons. The van der Waals surface area contributed by atoms with Crippen LogP contribution in [-0.2, 0) is 4.79 Å². The number of amides is 1. The van der Waals surface area contributed by atoms with E-state index in [1.807, 2.05) is 57.6 Å². The number of rotatable bonds is 3. The summed E-state index contributed by atoms with van der Waals surface area (Å²) in [6, 6.07) is 9.86. The van der Waals surface area contributed by atoms with Gasteiger partial charge < -0.3 is 9.47 Å². The molecule has 1 aliphatic rings. The third-order valence-corrected chi connectivity index (χ3v) is 4.86. The first-order valence-corrected chi connectivity index (χ1v) is 8.43. The Bertz CT molecular complexity index is 838. The number of benzene rings is 1. The van der Waals surface area contributed by atoms with E-state index in [0.717, 1.165) is 37.0 Å². The third kappa shape index (κ3) is 2.58. The standard InChI is InChI=1S/C18H21N5O/c1-14(22-13-19-16-7-2-3-8-17(16)22)18(24)21-10-4-6-15(12-21)23-11-5-9-20-23/h2-3,5,7-9,11,13-15H,4,6,10,12H2,1H3/t14-,15+/m0/s1. The molecule has 1 saturated heterocycles. The number of para-hydroxylation sites is 2. The van der Waals surface area contributed by atoms with Crippen LogP contribution in [0.1, 0.15) is 31.8 Å². The second-order valence-electron chi connectivity index (χ2n) is 6.38. The van der Waals surface area contributed by atoms with Crippen LogP contribution >= 0.6 is 0 Å². The monoisotopic (exact) mass is 323 g/mol. The van der Waals surface area contributed by atoms with Gasteiger partial charge in [-0.05, 0) is 38.0 Å². The zero-order valence-corrected chi connectivity index (χ0v) is 13.7. The highest BCUT2D eigenvalue weighted by atomic mass is 16.2. The van der Waals surface area contributed by atoms with Gasteiger partial charge in [0.25, 0.3) is 0 Å². The molecule has 2 atom stereocenters. The van der Waals surface area contributed by atoms with E-state index in [1.54, 1.807) is 12.5 Å². The Morgan fingerprint density at radius 3 is 3.00 bits per heavy atom. The molecule has 2 aromatic heterocycles. The van der Waals surface area contributed by atoms with Gasteiger partial charge in [0.1, 0.15) is 6.04 Å². The minimum Gasteiger partial charge on any atom is -0.339 e. The van der Waals surface area contributed by atoms with Crippen molar-refractivity contribution in [2.45, 2.75) is 31.8 Å². The van der Waals surface area contributed by atoms with Crippen LogP contribution in [-0.4, -0.2) is 43.2 Å². The zero-order valence-electron chi connectivity index (χ0n) is 13.7. The van der Waals surface area contributed by atoms with Crippen molar-refractivity contribution in [2.24, 2.45) is 0 Å². The number of aromatic nitrogens is 4. The Kier molecular flexibility index (Phi) is 3.80. The van der Waals surface area contributed by atoms with Crippen molar-refractivity contribution in [3.05, 3.63) is 49.1 Å². The molecule has 1 fully saturated rings. The number of carbonyl (C=O) groups is 1. The molecule has 0 radical (unpaired) electrons. The molecule has 6 heteroatoms. The fourth-order valence-corrected chi connectivity index (χ4v) is 3.54. The number of nitrogens with zero attached hydrogens (tertiary/aromatic N) is 5. The van der Waals surface area contributed by atoms with Gasteiger partial charge >= 0.3 is 0 Å². The Morgan fingerprint density at radius 2 is 2.17 bits per heavy atom. The Labute approximate surface area is 140 Å². The molecule has 1 aliphatic heterocycles. The molecule has 0 unspecified atom stereocenters. The van der Waals surface area contributed by atoms with Crippen molar-refractivity contribution in [1.82, 2.24) is 24.2 Å². The quantitative estimate of drug-likeness (QED) is 0.744. The Morgan fingerprint density at radius 1 is 1.29 bits per heavy atom. The first-order chi connectivity index (χ1) is 11.7. The van der Waals surface area contributed by atoms with E-state index in [2.05, 4.69) is 10.1 Å². The van der Waals surface area contributed by atoms with E-state index < -0.39 is 0 Å². The van der Waals surface area contributed by atoms with Gasteiger partial charge in [-0.1, -0.05) is 12.1 Å². The Hall–Kier alpha value is -2.63. The smallest absolute Gasteiger partial charge is 0.245 e. The SMILES string of the molecule is C[C@@H](C(=O)N1CCC[C@@H](n2cccn2)C1)n1cnc2ccccc21. The largest absolute Gasteiger partial charge is 0.339 e. The minimum absolute atomic E-state index is 0.148. The molecule has 0 aliphatic carbocycles. The lowest BCUT2D eigenvalue weighted by Crippen LogP contribution is -2.43. The summed E-state index contributed by atoms with van der Waals surface area (Å²) in [5.41, 5.74) is 1.92. The summed E-state index contributed by atoms with van der Waals surface area (Å²) >= 11 is 0. The van der Waals surface area contributed by atoms with Gasteiger partial charge in [-0.25, -0.2) is 4.98 Å². The van der Waals surface area contributed by atoms with Gasteiger partial charge in [-0.15, -0.1) is 0 Å². The number of imidazole rings is 1. The van der Waals surface area contributed by atoms with Crippen LogP contribution in [0.15, 0.2) is 49.1 Å². The Balaban J connectivity index is 1.54. The molecule has 0 bridgehead atoms. The minimum atomic E-state index is -0.256. The number of piperidine rings is 1. The fourth-order valence-electron chi connectivity index (χ4n) is 3.54. The third-order valence-electron chi connectivity index (χ3n) is 4.86. The van der Waals surface area contributed by atoms with E-state index in [4.69, 9.17) is 0 Å². The van der Waals surface area contributed by atoms with Crippen LogP contribution in [0.5, 0.6) is 0 Å². The average Bonchev–Trinajstić information content (AvgIpc) is 3.30. The van der Waals surface area contributed by atoms with Crippen molar-refractivity contribution >= 4 is 16.9 Å². The summed E-state index contributed by atoms with van der Waals surface area (Å²) in [4.78, 5) is 19.4. The van der Waals surface area contributed by atoms with Crippen molar-refractivity contribution in [3.63, 3.8) is 0 Å². The summed E-state index contributed by atoms with van der Waals surface area (Å²) < 4.78 is 3.94. The molecule has 3 heterocycles. The summed E-state index contributed by atoms with van der Waals surface area (Å²) in [6.07, 6.45) is 7.61. The maximum atomic E-state index is 13.0. The number of fused-ring (bicyclic) bond motifs is 1. The predicted molar refractivity (Wildman–Crippen MR) is 91.5 cm³/mol. The first-order valence-electron chi connectivity index (χ1n) is 8.43. The normalized spacial score (nSPS) is 19.5. The molecule has 24 heavy (non-hydrogen) atoms. The van der Waals surface area contributed by atoms with Crippen molar-refractivity contribution in [1.29, 1.82) is 0 Å². The lowest BCUT2D eigenvalue weighted by Gasteiger charge is -2.34. The van der Waals surface area contributed by atoms with E-state index in [1.165, 1.54) is 0 Å². The van der Waals surface area contributed by atoms with Crippen LogP contribution in [0.2, 0.25) is 0 Å². The predicted octanol–water partition coefficient (Wildman–Crippen LogP) is 2.66. The summed E-state index contributed by atoms with van der Waals surface area (Å²) in [6.45, 7) is 3.49. The summed E-state index contributed by atoms with van der Waals surface area (Å²) in [7, 11) is 0. The van der Waals surface area contributed by atoms with Gasteiger partial charge in [-0.2, -0.15) is 5.10 Å². The van der Waals surface area contributed by atoms with E-state index in [0.29, 0.717) is 0 Å². The summed E-state index contributed by atoms with van der Waals surface area (Å²) in [5.74, 6) is 0.148. The summed E-state index contributed by atoms with van der Waals surface area (Å²) in [5, 5.41) is 4.33. The second kappa shape index (κ2) is 6.11. The molecule has 1 amide bonds. The first kappa shape index (κ1) is 14.9. The molecule has 3 aromatic rings. The van der Waals surface area contributed by atoms with Crippen molar-refractivity contribution in [3.8, 4) is 0 Å². The van der Waals surface area contributed by atoms with Crippen LogP contribution in [0.25, 0.3) is 11.0 Å². The van der Waals surface area contributed by atoms with Crippen molar-refractivity contribution < 1.29 is 4.79 Å². The topological polar surface area (TPSA) is 56.0 Å². The molecule has 0 N–H and O–H groups in total. The highest BCUT2D eigenvalue weighted by Crippen LogP contribution is 2.24. The molecule has 0 saturated carbocycles. The zero-order chi connectivity index (χ0) is 16.5. The number of carbonyl (C=O) groups excluding carboxylic acids is 1. The van der Waals surface area contributed by atoms with Crippen LogP contribution < -0.4 is 0 Å². The van der Waals surface area contributed by atoms with Crippen LogP contribution in [0, 0.1) is 0 Å². The molecule has 0 spiro atoms. The van der Waals surface area contributed by atoms with Gasteiger partial charge in [-0.3, -0.25) is 9.48 Å². The lowest BCUT2D eigenvalue weighted by atomic mass is 10.0. The highest BCUT2D eigenvalue weighted by Gasteiger charge is 2.29. The second-order valence-corrected chi connectivity index (χ2v) is 6.38. The molecular formula is C18H21N5O. The number of hydrogen-bond donors (Lipinski definition) is 0. The number of hydrogen-bond acceptors (Lipinski definition) is 3. The molecular weight excluding hydrogens is 302 g/mol. The van der Waals surface area contributed by atoms with E-state index in [-0.39, 0.29) is 18.0 Å². The van der Waals surface area contributed by atoms with E-state index in [9.17, 15) is 4.79 Å². The van der Waals surface area contributed by atoms with Crippen LogP contribution in [0.3, 0.4) is 0 Å². The molecule has 4 rings (SSSR count). The van der Waals surface area contributed by atoms with Crippen LogP contribution in [0.4, 0.5) is 0 Å². The van der Waals surface area contributed by atoms with Gasteiger partial charge in [0.05, 0.1) is 23.4 Å². The molecule has 6 nitrogen and oxygen atoms in total. The molecule has 1 aromatic carbocycles. The van der Waals surface area contributed by atoms with Crippen molar-refractivity contribution in [2.75, 3.05) is 13.1 Å². The van der Waals surface area contributed by atoms with Gasteiger partial charge in [0.15, 0.2) is 0 Å².